The Labute approximate surface area is 392 Å². The first-order valence-corrected chi connectivity index (χ1v) is 22.1. The van der Waals surface area contributed by atoms with Gasteiger partial charge in [-0.05, 0) is 55.4 Å². The molecule has 7 atom stereocenters. The van der Waals surface area contributed by atoms with Gasteiger partial charge in [0.1, 0.15) is 42.0 Å². The van der Waals surface area contributed by atoms with Gasteiger partial charge in [0.05, 0.1) is 32.1 Å². The molecule has 1 saturated heterocycles. The summed E-state index contributed by atoms with van der Waals surface area (Å²) in [4.78, 5) is 126. The number of benzene rings is 2. The topological polar surface area (TPSA) is 356 Å². The van der Waals surface area contributed by atoms with Crippen molar-refractivity contribution in [1.29, 1.82) is 0 Å². The minimum Gasteiger partial charge on any atom is -0.508 e. The number of aromatic nitrogens is 2. The van der Waals surface area contributed by atoms with Crippen LogP contribution in [0.3, 0.4) is 0 Å². The van der Waals surface area contributed by atoms with Crippen LogP contribution in [-0.2, 0) is 62.4 Å². The van der Waals surface area contributed by atoms with Crippen LogP contribution in [0, 0.1) is 5.92 Å². The van der Waals surface area contributed by atoms with Gasteiger partial charge in [-0.2, -0.15) is 0 Å². The van der Waals surface area contributed by atoms with Crippen molar-refractivity contribution in [3.63, 3.8) is 0 Å². The summed E-state index contributed by atoms with van der Waals surface area (Å²) < 4.78 is 0. The maximum absolute atomic E-state index is 13.8. The predicted octanol–water partition coefficient (Wildman–Crippen LogP) is -2.74. The molecule has 4 rings (SSSR count). The van der Waals surface area contributed by atoms with Crippen LogP contribution in [0.5, 0.6) is 5.75 Å². The summed E-state index contributed by atoms with van der Waals surface area (Å²) in [5.74, 6) is -7.42. The number of aromatic hydroxyl groups is 1. The third-order valence-corrected chi connectivity index (χ3v) is 10.8. The van der Waals surface area contributed by atoms with Crippen molar-refractivity contribution in [3.8, 4) is 5.75 Å². The Balaban J connectivity index is 1.38. The maximum atomic E-state index is 13.8. The number of carbonyl (C=O) groups is 9. The van der Waals surface area contributed by atoms with Crippen molar-refractivity contribution >= 4 is 53.2 Å². The lowest BCUT2D eigenvalue weighted by molar-refractivity contribution is -0.149. The van der Waals surface area contributed by atoms with Crippen molar-refractivity contribution in [2.24, 2.45) is 11.7 Å². The molecular weight excluding hydrogens is 887 g/mol. The smallest absolute Gasteiger partial charge is 0.326 e. The molecule has 2 heterocycles. The molecule has 0 radical (unpaired) electrons. The average molecular weight is 948 g/mol. The molecule has 3 aromatic rings. The van der Waals surface area contributed by atoms with Gasteiger partial charge in [-0.1, -0.05) is 56.3 Å². The molecule has 1 aliphatic rings. The zero-order chi connectivity index (χ0) is 49.9. The fraction of sp³-hybridized carbons (Fsp3) is 0.467. The standard InChI is InChI=1S/C45H61N11O12/c1-25(2)16-31(41(63)55-34(18-28-11-13-30(58)14-12-28)44(66)56-15-7-10-35(56)45(67)68)52-37(60)22-48-36(59)21-49-40(62)32(17-27-8-5-4-6-9-27)54-42(64)33(19-29-20-47-24-51-29)53-38(61)23-50-43(65)39(46)26(3)57/h4-6,8-9,11-14,20,24-26,31-35,39,57-58H,7,10,15-19,21-23,46H2,1-3H3,(H,47,51)(H,48,59)(H,49,62)(H,50,65)(H,52,60)(H,53,61)(H,54,64)(H,55,63)(H,67,68)/t26-,31+,32+,33+,34+,35+,39+/m1/s1. The molecule has 13 N–H and O–H groups in total. The molecule has 1 aliphatic heterocycles. The molecule has 68 heavy (non-hydrogen) atoms. The number of phenolic OH excluding ortho intramolecular Hbond substituents is 1. The second-order valence-electron chi connectivity index (χ2n) is 16.8. The molecule has 0 spiro atoms. The Hall–Kier alpha value is -7.40. The van der Waals surface area contributed by atoms with Crippen molar-refractivity contribution in [3.05, 3.63) is 83.9 Å². The summed E-state index contributed by atoms with van der Waals surface area (Å²) >= 11 is 0. The fourth-order valence-electron chi connectivity index (χ4n) is 7.21. The highest BCUT2D eigenvalue weighted by Crippen LogP contribution is 2.21. The number of amides is 8. The van der Waals surface area contributed by atoms with E-state index in [-0.39, 0.29) is 50.3 Å². The number of aliphatic carboxylic acids is 1. The van der Waals surface area contributed by atoms with E-state index in [1.165, 1.54) is 36.5 Å². The molecule has 23 nitrogen and oxygen atoms in total. The normalized spacial score (nSPS) is 15.9. The van der Waals surface area contributed by atoms with Crippen LogP contribution >= 0.6 is 0 Å². The van der Waals surface area contributed by atoms with Crippen LogP contribution in [-0.4, -0.2) is 152 Å². The van der Waals surface area contributed by atoms with E-state index in [4.69, 9.17) is 5.73 Å². The summed E-state index contributed by atoms with van der Waals surface area (Å²) in [6, 6.07) is 7.21. The Morgan fingerprint density at radius 1 is 0.706 bits per heavy atom. The Morgan fingerprint density at radius 2 is 1.26 bits per heavy atom. The number of H-pyrrole nitrogens is 1. The van der Waals surface area contributed by atoms with Gasteiger partial charge in [-0.15, -0.1) is 0 Å². The second-order valence-corrected chi connectivity index (χ2v) is 16.8. The van der Waals surface area contributed by atoms with Crippen LogP contribution < -0.4 is 43.0 Å². The number of aliphatic hydroxyl groups is 1. The van der Waals surface area contributed by atoms with E-state index in [9.17, 15) is 58.5 Å². The summed E-state index contributed by atoms with van der Waals surface area (Å²) in [5.41, 5.74) is 7.28. The van der Waals surface area contributed by atoms with E-state index >= 15 is 0 Å². The number of rotatable bonds is 25. The molecule has 23 heteroatoms. The quantitative estimate of drug-likeness (QED) is 0.0410. The van der Waals surface area contributed by atoms with Crippen molar-refractivity contribution in [2.75, 3.05) is 26.2 Å². The number of nitrogens with two attached hydrogens (primary N) is 1. The minimum absolute atomic E-state index is 0.0182. The minimum atomic E-state index is -1.30. The van der Waals surface area contributed by atoms with Crippen LogP contribution in [0.25, 0.3) is 0 Å². The van der Waals surface area contributed by atoms with Crippen LogP contribution in [0.1, 0.15) is 56.9 Å². The van der Waals surface area contributed by atoms with Gasteiger partial charge < -0.3 is 68.2 Å². The van der Waals surface area contributed by atoms with E-state index < -0.39 is 115 Å². The van der Waals surface area contributed by atoms with E-state index in [1.807, 2.05) is 0 Å². The Morgan fingerprint density at radius 3 is 1.88 bits per heavy atom. The van der Waals surface area contributed by atoms with Gasteiger partial charge in [-0.25, -0.2) is 9.78 Å². The Kier molecular flexibility index (Phi) is 20.4. The molecular formula is C45H61N11O12. The monoisotopic (exact) mass is 947 g/mol. The largest absolute Gasteiger partial charge is 0.508 e. The number of likely N-dealkylation sites (tertiary alicyclic amines) is 1. The first-order chi connectivity index (χ1) is 32.3. The molecule has 2 aromatic carbocycles. The van der Waals surface area contributed by atoms with Gasteiger partial charge in [0.25, 0.3) is 0 Å². The van der Waals surface area contributed by atoms with Gasteiger partial charge in [0, 0.05) is 37.7 Å². The van der Waals surface area contributed by atoms with E-state index in [0.29, 0.717) is 23.2 Å². The molecule has 0 unspecified atom stereocenters. The summed E-state index contributed by atoms with van der Waals surface area (Å²) in [6.07, 6.45) is 2.24. The molecule has 0 saturated carbocycles. The van der Waals surface area contributed by atoms with Crippen LogP contribution in [0.15, 0.2) is 67.1 Å². The zero-order valence-electron chi connectivity index (χ0n) is 38.0. The summed E-state index contributed by atoms with van der Waals surface area (Å²) in [7, 11) is 0. The van der Waals surface area contributed by atoms with Crippen molar-refractivity contribution < 1.29 is 58.5 Å². The van der Waals surface area contributed by atoms with Crippen LogP contribution in [0.4, 0.5) is 0 Å². The fourth-order valence-corrected chi connectivity index (χ4v) is 7.21. The molecule has 368 valence electrons. The van der Waals surface area contributed by atoms with E-state index in [0.717, 1.165) is 0 Å². The number of hydrogen-bond donors (Lipinski definition) is 12. The maximum Gasteiger partial charge on any atom is 0.326 e. The number of aromatic amines is 1. The van der Waals surface area contributed by atoms with Gasteiger partial charge in [-0.3, -0.25) is 38.4 Å². The molecule has 0 bridgehead atoms. The average Bonchev–Trinajstić information content (AvgIpc) is 4.02. The summed E-state index contributed by atoms with van der Waals surface area (Å²) in [6.45, 7) is 3.25. The lowest BCUT2D eigenvalue weighted by atomic mass is 10.0. The third-order valence-electron chi connectivity index (χ3n) is 10.8. The third kappa shape index (κ3) is 17.1. The molecule has 1 fully saturated rings. The molecule has 1 aromatic heterocycles. The molecule has 8 amide bonds. The highest BCUT2D eigenvalue weighted by atomic mass is 16.4. The predicted molar refractivity (Wildman–Crippen MR) is 242 cm³/mol. The van der Waals surface area contributed by atoms with Gasteiger partial charge in [0.15, 0.2) is 0 Å². The highest BCUT2D eigenvalue weighted by molar-refractivity contribution is 5.96. The van der Waals surface area contributed by atoms with Crippen molar-refractivity contribution in [2.45, 2.75) is 102 Å². The SMILES string of the molecule is CC(C)C[C@H](NC(=O)CNC(=O)CNC(=O)[C@H](Cc1ccccc1)NC(=O)[C@H](Cc1cnc[nH]1)NC(=O)CNC(=O)[C@@H](N)[C@@H](C)O)C(=O)N[C@@H](Cc1ccc(O)cc1)C(=O)N1CCC[C@H]1C(=O)O. The van der Waals surface area contributed by atoms with Gasteiger partial charge in [0.2, 0.25) is 47.3 Å². The molecule has 0 aliphatic carbocycles. The number of hydrogen-bond acceptors (Lipinski definition) is 13. The lowest BCUT2D eigenvalue weighted by Gasteiger charge is -2.29. The number of carboxylic acids is 1. The second kappa shape index (κ2) is 26.1. The number of carbonyl (C=O) groups excluding carboxylic acids is 8. The highest BCUT2D eigenvalue weighted by Gasteiger charge is 2.39. The number of aliphatic hydroxyl groups excluding tert-OH is 1. The van der Waals surface area contributed by atoms with E-state index in [1.54, 1.807) is 56.3 Å². The lowest BCUT2D eigenvalue weighted by Crippen LogP contribution is -2.57. The first kappa shape index (κ1) is 53.2. The van der Waals surface area contributed by atoms with E-state index in [2.05, 4.69) is 47.2 Å². The van der Waals surface area contributed by atoms with Crippen LogP contribution in [0.2, 0.25) is 0 Å². The summed E-state index contributed by atoms with van der Waals surface area (Å²) in [5, 5.41) is 46.6. The van der Waals surface area contributed by atoms with Crippen molar-refractivity contribution in [1.82, 2.24) is 52.1 Å². The number of nitrogens with one attached hydrogen (secondary N) is 8. The first-order valence-electron chi connectivity index (χ1n) is 22.1. The number of carboxylic acid groups (broad SMARTS) is 1. The number of nitrogens with zero attached hydrogens (tertiary/aromatic N) is 2. The number of phenols is 1. The zero-order valence-corrected chi connectivity index (χ0v) is 38.0. The number of imidazole rings is 1. The van der Waals surface area contributed by atoms with Gasteiger partial charge >= 0.3 is 5.97 Å². The Bertz CT molecular complexity index is 2210.